The third-order valence-electron chi connectivity index (χ3n) is 3.22. The molecular formula is C12H16N2O3S. The van der Waals surface area contributed by atoms with Crippen molar-refractivity contribution < 1.29 is 14.7 Å². The molecule has 0 radical (unpaired) electrons. The van der Waals surface area contributed by atoms with Crippen LogP contribution in [0.1, 0.15) is 36.2 Å². The van der Waals surface area contributed by atoms with Crippen molar-refractivity contribution >= 4 is 23.2 Å². The van der Waals surface area contributed by atoms with Crippen molar-refractivity contribution in [1.29, 1.82) is 0 Å². The summed E-state index contributed by atoms with van der Waals surface area (Å²) in [6, 6.07) is 0. The zero-order valence-electron chi connectivity index (χ0n) is 10.0. The fraction of sp³-hybridized carbons (Fsp3) is 0.583. The Labute approximate surface area is 109 Å². The molecule has 2 heterocycles. The van der Waals surface area contributed by atoms with Crippen LogP contribution in [0.25, 0.3) is 0 Å². The summed E-state index contributed by atoms with van der Waals surface area (Å²) in [6.07, 6.45) is 2.79. The van der Waals surface area contributed by atoms with Crippen LogP contribution >= 0.6 is 11.3 Å². The molecule has 1 aromatic rings. The Balaban J connectivity index is 1.90. The lowest BCUT2D eigenvalue weighted by Crippen LogP contribution is -2.40. The molecule has 6 heteroatoms. The highest BCUT2D eigenvalue weighted by Crippen LogP contribution is 2.22. The molecule has 0 aromatic carbocycles. The first-order valence-corrected chi connectivity index (χ1v) is 7.00. The van der Waals surface area contributed by atoms with Gasteiger partial charge in [-0.1, -0.05) is 0 Å². The third-order valence-corrected chi connectivity index (χ3v) is 3.81. The number of carbonyl (C=O) groups is 2. The molecule has 0 saturated carbocycles. The fourth-order valence-electron chi connectivity index (χ4n) is 2.29. The van der Waals surface area contributed by atoms with Crippen molar-refractivity contribution in [2.24, 2.45) is 5.92 Å². The number of carboxylic acid groups (broad SMARTS) is 1. The van der Waals surface area contributed by atoms with E-state index in [1.54, 1.807) is 15.8 Å². The number of hydrogen-bond acceptors (Lipinski definition) is 4. The van der Waals surface area contributed by atoms with Gasteiger partial charge in [0.2, 0.25) is 0 Å². The summed E-state index contributed by atoms with van der Waals surface area (Å²) >= 11 is 1.41. The second kappa shape index (κ2) is 5.95. The quantitative estimate of drug-likeness (QED) is 0.904. The number of hydrogen-bond donors (Lipinski definition) is 1. The van der Waals surface area contributed by atoms with Crippen molar-refractivity contribution in [3.05, 3.63) is 16.6 Å². The Morgan fingerprint density at radius 2 is 2.39 bits per heavy atom. The van der Waals surface area contributed by atoms with Gasteiger partial charge in [-0.05, 0) is 25.2 Å². The molecular weight excluding hydrogens is 252 g/mol. The highest BCUT2D eigenvalue weighted by molar-refractivity contribution is 7.07. The van der Waals surface area contributed by atoms with Crippen molar-refractivity contribution in [2.45, 2.75) is 25.7 Å². The van der Waals surface area contributed by atoms with Crippen LogP contribution in [0.15, 0.2) is 10.9 Å². The number of thiazole rings is 1. The van der Waals surface area contributed by atoms with E-state index >= 15 is 0 Å². The number of rotatable bonds is 4. The zero-order chi connectivity index (χ0) is 13.0. The van der Waals surface area contributed by atoms with Gasteiger partial charge in [0.15, 0.2) is 0 Å². The number of nitrogens with zero attached hydrogens (tertiary/aromatic N) is 2. The van der Waals surface area contributed by atoms with Gasteiger partial charge in [0.1, 0.15) is 5.69 Å². The van der Waals surface area contributed by atoms with Gasteiger partial charge in [0.05, 0.1) is 5.51 Å². The average molecular weight is 268 g/mol. The summed E-state index contributed by atoms with van der Waals surface area (Å²) in [4.78, 5) is 28.5. The number of piperidine rings is 1. The van der Waals surface area contributed by atoms with Crippen LogP contribution in [0.5, 0.6) is 0 Å². The SMILES string of the molecule is O=C(O)CC[C@H]1CCCN(C(=O)c2cscn2)C1. The maximum atomic E-state index is 12.1. The van der Waals surface area contributed by atoms with Crippen molar-refractivity contribution in [1.82, 2.24) is 9.88 Å². The van der Waals surface area contributed by atoms with Gasteiger partial charge in [0.25, 0.3) is 5.91 Å². The summed E-state index contributed by atoms with van der Waals surface area (Å²) < 4.78 is 0. The molecule has 1 aliphatic rings. The second-order valence-electron chi connectivity index (χ2n) is 4.57. The van der Waals surface area contributed by atoms with Gasteiger partial charge >= 0.3 is 5.97 Å². The van der Waals surface area contributed by atoms with Gasteiger partial charge < -0.3 is 10.0 Å². The maximum absolute atomic E-state index is 12.1. The summed E-state index contributed by atoms with van der Waals surface area (Å²) in [6.45, 7) is 1.41. The molecule has 1 aliphatic heterocycles. The van der Waals surface area contributed by atoms with Crippen LogP contribution in [0, 0.1) is 5.92 Å². The van der Waals surface area contributed by atoms with E-state index < -0.39 is 5.97 Å². The number of aromatic nitrogens is 1. The van der Waals surface area contributed by atoms with Gasteiger partial charge in [-0.2, -0.15) is 0 Å². The number of likely N-dealkylation sites (tertiary alicyclic amines) is 1. The van der Waals surface area contributed by atoms with E-state index in [4.69, 9.17) is 5.11 Å². The van der Waals surface area contributed by atoms with Gasteiger partial charge in [-0.3, -0.25) is 9.59 Å². The highest BCUT2D eigenvalue weighted by atomic mass is 32.1. The summed E-state index contributed by atoms with van der Waals surface area (Å²) in [7, 11) is 0. The number of aliphatic carboxylic acids is 1. The van der Waals surface area contributed by atoms with Crippen LogP contribution in [-0.2, 0) is 4.79 Å². The Bertz CT molecular complexity index is 419. The first kappa shape index (κ1) is 13.0. The molecule has 98 valence electrons. The standard InChI is InChI=1S/C12H16N2O3S/c15-11(16)4-3-9-2-1-5-14(6-9)12(17)10-7-18-8-13-10/h7-9H,1-6H2,(H,15,16)/t9-/m1/s1. The number of amides is 1. The molecule has 5 nitrogen and oxygen atoms in total. The molecule has 0 aliphatic carbocycles. The van der Waals surface area contributed by atoms with Crippen molar-refractivity contribution in [2.75, 3.05) is 13.1 Å². The van der Waals surface area contributed by atoms with Crippen LogP contribution < -0.4 is 0 Å². The van der Waals surface area contributed by atoms with Crippen LogP contribution in [-0.4, -0.2) is 40.0 Å². The van der Waals surface area contributed by atoms with Crippen LogP contribution in [0.3, 0.4) is 0 Å². The molecule has 1 saturated heterocycles. The highest BCUT2D eigenvalue weighted by Gasteiger charge is 2.25. The molecule has 2 rings (SSSR count). The van der Waals surface area contributed by atoms with Crippen LogP contribution in [0.4, 0.5) is 0 Å². The minimum atomic E-state index is -0.766. The molecule has 0 bridgehead atoms. The number of carboxylic acids is 1. The van der Waals surface area contributed by atoms with E-state index in [0.717, 1.165) is 19.4 Å². The Morgan fingerprint density at radius 1 is 1.56 bits per heavy atom. The third kappa shape index (κ3) is 3.29. The molecule has 18 heavy (non-hydrogen) atoms. The maximum Gasteiger partial charge on any atom is 0.303 e. The minimum Gasteiger partial charge on any atom is -0.481 e. The molecule has 1 aromatic heterocycles. The van der Waals surface area contributed by atoms with Gasteiger partial charge in [0, 0.05) is 24.9 Å². The summed E-state index contributed by atoms with van der Waals surface area (Å²) in [5.74, 6) is -0.494. The molecule has 1 N–H and O–H groups in total. The lowest BCUT2D eigenvalue weighted by molar-refractivity contribution is -0.137. The van der Waals surface area contributed by atoms with E-state index in [2.05, 4.69) is 4.98 Å². The molecule has 1 amide bonds. The lowest BCUT2D eigenvalue weighted by atomic mass is 9.93. The monoisotopic (exact) mass is 268 g/mol. The minimum absolute atomic E-state index is 0.0312. The normalized spacial score (nSPS) is 19.8. The second-order valence-corrected chi connectivity index (χ2v) is 5.28. The van der Waals surface area contributed by atoms with E-state index in [-0.39, 0.29) is 12.3 Å². The van der Waals surface area contributed by atoms with Crippen LogP contribution in [0.2, 0.25) is 0 Å². The molecule has 1 atom stereocenters. The van der Waals surface area contributed by atoms with Gasteiger partial charge in [-0.25, -0.2) is 4.98 Å². The summed E-state index contributed by atoms with van der Waals surface area (Å²) in [5, 5.41) is 10.4. The zero-order valence-corrected chi connectivity index (χ0v) is 10.9. The Kier molecular flexibility index (Phi) is 4.30. The first-order valence-electron chi connectivity index (χ1n) is 6.06. The molecule has 1 fully saturated rings. The van der Waals surface area contributed by atoms with E-state index in [0.29, 0.717) is 24.6 Å². The summed E-state index contributed by atoms with van der Waals surface area (Å²) in [5.41, 5.74) is 2.15. The average Bonchev–Trinajstić information content (AvgIpc) is 2.89. The Morgan fingerprint density at radius 3 is 3.06 bits per heavy atom. The molecule has 0 unspecified atom stereocenters. The predicted molar refractivity (Wildman–Crippen MR) is 67.6 cm³/mol. The van der Waals surface area contributed by atoms with Crippen molar-refractivity contribution in [3.8, 4) is 0 Å². The van der Waals surface area contributed by atoms with Gasteiger partial charge in [-0.15, -0.1) is 11.3 Å². The Hall–Kier alpha value is -1.43. The largest absolute Gasteiger partial charge is 0.481 e. The topological polar surface area (TPSA) is 70.5 Å². The van der Waals surface area contributed by atoms with E-state index in [1.807, 2.05) is 0 Å². The van der Waals surface area contributed by atoms with E-state index in [1.165, 1.54) is 11.3 Å². The lowest BCUT2D eigenvalue weighted by Gasteiger charge is -2.32. The number of carbonyl (C=O) groups excluding carboxylic acids is 1. The smallest absolute Gasteiger partial charge is 0.303 e. The first-order chi connectivity index (χ1) is 8.66. The van der Waals surface area contributed by atoms with E-state index in [9.17, 15) is 9.59 Å². The fourth-order valence-corrected chi connectivity index (χ4v) is 2.82. The molecule has 0 spiro atoms. The van der Waals surface area contributed by atoms with Crippen molar-refractivity contribution in [3.63, 3.8) is 0 Å². The predicted octanol–water partition coefficient (Wildman–Crippen LogP) is 1.86.